The smallest absolute Gasteiger partial charge is 0.0643 e. The first-order valence-electron chi connectivity index (χ1n) is 8.60. The van der Waals surface area contributed by atoms with E-state index in [1.54, 1.807) is 0 Å². The van der Waals surface area contributed by atoms with Gasteiger partial charge in [0.2, 0.25) is 0 Å². The highest BCUT2D eigenvalue weighted by Crippen LogP contribution is 2.18. The van der Waals surface area contributed by atoms with E-state index in [4.69, 9.17) is 4.99 Å². The summed E-state index contributed by atoms with van der Waals surface area (Å²) in [4.78, 5) is 4.74. The summed E-state index contributed by atoms with van der Waals surface area (Å²) in [5.41, 5.74) is 7.07. The molecule has 1 nitrogen and oxygen atoms in total. The average molecular weight is 325 g/mol. The van der Waals surface area contributed by atoms with Crippen molar-refractivity contribution in [2.75, 3.05) is 0 Å². The lowest BCUT2D eigenvalue weighted by Gasteiger charge is -2.08. The molecule has 0 atom stereocenters. The van der Waals surface area contributed by atoms with Crippen LogP contribution in [0.4, 0.5) is 0 Å². The average Bonchev–Trinajstić information content (AvgIpc) is 2.68. The van der Waals surface area contributed by atoms with Gasteiger partial charge < -0.3 is 0 Å². The minimum atomic E-state index is 0.716. The van der Waals surface area contributed by atoms with Gasteiger partial charge in [0.25, 0.3) is 0 Å². The summed E-state index contributed by atoms with van der Waals surface area (Å²) in [7, 11) is 0. The molecule has 1 heteroatoms. The summed E-state index contributed by atoms with van der Waals surface area (Å²) in [6, 6.07) is 29.3. The molecule has 0 saturated carbocycles. The predicted octanol–water partition coefficient (Wildman–Crippen LogP) is 5.95. The van der Waals surface area contributed by atoms with Gasteiger partial charge in [0.1, 0.15) is 0 Å². The Hall–Kier alpha value is -2.93. The third kappa shape index (κ3) is 4.77. The number of hydrogen-bond donors (Lipinski definition) is 0. The molecule has 0 bridgehead atoms. The molecule has 25 heavy (non-hydrogen) atoms. The van der Waals surface area contributed by atoms with Gasteiger partial charge in [-0.1, -0.05) is 85.4 Å². The van der Waals surface area contributed by atoms with Gasteiger partial charge in [0.05, 0.1) is 6.54 Å². The predicted molar refractivity (Wildman–Crippen MR) is 108 cm³/mol. The first-order chi connectivity index (χ1) is 12.2. The molecule has 0 N–H and O–H groups in total. The van der Waals surface area contributed by atoms with Gasteiger partial charge >= 0.3 is 0 Å². The molecule has 0 aromatic heterocycles. The lowest BCUT2D eigenvalue weighted by Crippen LogP contribution is -1.98. The topological polar surface area (TPSA) is 12.4 Å². The largest absolute Gasteiger partial charge is 0.285 e. The molecule has 0 radical (unpaired) electrons. The van der Waals surface area contributed by atoms with Crippen LogP contribution in [0.1, 0.15) is 29.2 Å². The van der Waals surface area contributed by atoms with E-state index in [1.807, 2.05) is 12.1 Å². The molecule has 0 spiro atoms. The summed E-state index contributed by atoms with van der Waals surface area (Å²) in [5, 5.41) is 0. The van der Waals surface area contributed by atoms with Crippen LogP contribution in [0.15, 0.2) is 96.5 Å². The Kier molecular flexibility index (Phi) is 5.58. The molecule has 0 aliphatic heterocycles. The summed E-state index contributed by atoms with van der Waals surface area (Å²) in [6.45, 7) is 7.03. The quantitative estimate of drug-likeness (QED) is 0.496. The second kappa shape index (κ2) is 8.25. The van der Waals surface area contributed by atoms with E-state index in [-0.39, 0.29) is 0 Å². The van der Waals surface area contributed by atoms with Crippen molar-refractivity contribution >= 4 is 11.3 Å². The Morgan fingerprint density at radius 3 is 2.08 bits per heavy atom. The van der Waals surface area contributed by atoms with Gasteiger partial charge in [-0.2, -0.15) is 0 Å². The third-order valence-electron chi connectivity index (χ3n) is 4.29. The van der Waals surface area contributed by atoms with E-state index in [1.165, 1.54) is 22.3 Å². The van der Waals surface area contributed by atoms with Gasteiger partial charge in [0.15, 0.2) is 0 Å². The molecule has 0 unspecified atom stereocenters. The minimum absolute atomic E-state index is 0.716. The van der Waals surface area contributed by atoms with Gasteiger partial charge in [-0.05, 0) is 47.2 Å². The van der Waals surface area contributed by atoms with Crippen molar-refractivity contribution in [3.05, 3.63) is 114 Å². The Morgan fingerprint density at radius 2 is 1.36 bits per heavy atom. The number of aliphatic imine (C=N–C) groups is 1. The lowest BCUT2D eigenvalue weighted by atomic mass is 9.98. The standard InChI is InChI=1S/C24H23N/c1-19(23-13-7-4-8-14-23)16-22-12-9-15-24(17-22)20(2)25-18-21-10-5-3-6-11-21/h3-15,17H,1,16,18H2,2H3. The molecule has 0 aliphatic carbocycles. The van der Waals surface area contributed by atoms with Crippen LogP contribution in [0, 0.1) is 0 Å². The van der Waals surface area contributed by atoms with Crippen LogP contribution in [-0.4, -0.2) is 5.71 Å². The maximum atomic E-state index is 4.74. The van der Waals surface area contributed by atoms with Crippen LogP contribution in [0.2, 0.25) is 0 Å². The van der Waals surface area contributed by atoms with Crippen LogP contribution >= 0.6 is 0 Å². The summed E-state index contributed by atoms with van der Waals surface area (Å²) < 4.78 is 0. The van der Waals surface area contributed by atoms with Crippen molar-refractivity contribution in [1.29, 1.82) is 0 Å². The summed E-state index contributed by atoms with van der Waals surface area (Å²) in [6.07, 6.45) is 0.851. The molecular formula is C24H23N. The summed E-state index contributed by atoms with van der Waals surface area (Å²) >= 11 is 0. The molecule has 0 heterocycles. The molecular weight excluding hydrogens is 302 g/mol. The monoisotopic (exact) mass is 325 g/mol. The normalized spacial score (nSPS) is 11.3. The Balaban J connectivity index is 1.71. The number of rotatable bonds is 6. The van der Waals surface area contributed by atoms with Crippen molar-refractivity contribution in [2.24, 2.45) is 4.99 Å². The van der Waals surface area contributed by atoms with Crippen molar-refractivity contribution < 1.29 is 0 Å². The van der Waals surface area contributed by atoms with E-state index in [0.29, 0.717) is 6.54 Å². The maximum Gasteiger partial charge on any atom is 0.0643 e. The third-order valence-corrected chi connectivity index (χ3v) is 4.29. The first kappa shape index (κ1) is 16.9. The van der Waals surface area contributed by atoms with E-state index in [9.17, 15) is 0 Å². The lowest BCUT2D eigenvalue weighted by molar-refractivity contribution is 1.06. The Bertz CT molecular complexity index is 861. The van der Waals surface area contributed by atoms with E-state index in [0.717, 1.165) is 17.7 Å². The highest BCUT2D eigenvalue weighted by molar-refractivity contribution is 5.98. The van der Waals surface area contributed by atoms with Gasteiger partial charge in [-0.15, -0.1) is 0 Å². The fourth-order valence-electron chi connectivity index (χ4n) is 2.81. The number of nitrogens with zero attached hydrogens (tertiary/aromatic N) is 1. The van der Waals surface area contributed by atoms with E-state index >= 15 is 0 Å². The molecule has 0 amide bonds. The van der Waals surface area contributed by atoms with Crippen LogP contribution in [0.3, 0.4) is 0 Å². The van der Waals surface area contributed by atoms with E-state index < -0.39 is 0 Å². The number of hydrogen-bond acceptors (Lipinski definition) is 1. The van der Waals surface area contributed by atoms with Crippen LogP contribution in [0.5, 0.6) is 0 Å². The zero-order valence-electron chi connectivity index (χ0n) is 14.7. The van der Waals surface area contributed by atoms with Gasteiger partial charge in [-0.25, -0.2) is 0 Å². The fraction of sp³-hybridized carbons (Fsp3) is 0.125. The maximum absolute atomic E-state index is 4.74. The van der Waals surface area contributed by atoms with Crippen molar-refractivity contribution in [3.8, 4) is 0 Å². The Labute approximate surface area is 150 Å². The van der Waals surface area contributed by atoms with Crippen LogP contribution < -0.4 is 0 Å². The fourth-order valence-corrected chi connectivity index (χ4v) is 2.81. The summed E-state index contributed by atoms with van der Waals surface area (Å²) in [5.74, 6) is 0. The first-order valence-corrected chi connectivity index (χ1v) is 8.60. The van der Waals surface area contributed by atoms with Crippen LogP contribution in [-0.2, 0) is 13.0 Å². The molecule has 3 aromatic rings. The highest BCUT2D eigenvalue weighted by atomic mass is 14.7. The number of benzene rings is 3. The van der Waals surface area contributed by atoms with Crippen molar-refractivity contribution in [1.82, 2.24) is 0 Å². The molecule has 0 fully saturated rings. The molecule has 3 rings (SSSR count). The zero-order valence-corrected chi connectivity index (χ0v) is 14.7. The minimum Gasteiger partial charge on any atom is -0.285 e. The number of allylic oxidation sites excluding steroid dienone is 1. The zero-order chi connectivity index (χ0) is 17.5. The van der Waals surface area contributed by atoms with Gasteiger partial charge in [0, 0.05) is 5.71 Å². The van der Waals surface area contributed by atoms with Crippen molar-refractivity contribution in [3.63, 3.8) is 0 Å². The van der Waals surface area contributed by atoms with Crippen LogP contribution in [0.25, 0.3) is 5.57 Å². The van der Waals surface area contributed by atoms with Gasteiger partial charge in [-0.3, -0.25) is 4.99 Å². The SMILES string of the molecule is C=C(Cc1cccc(C(C)=NCc2ccccc2)c1)c1ccccc1. The van der Waals surface area contributed by atoms with Crippen molar-refractivity contribution in [2.45, 2.75) is 19.9 Å². The Morgan fingerprint density at radius 1 is 0.760 bits per heavy atom. The highest BCUT2D eigenvalue weighted by Gasteiger charge is 2.03. The molecule has 124 valence electrons. The molecule has 0 aliphatic rings. The second-order valence-electron chi connectivity index (χ2n) is 6.23. The molecule has 3 aromatic carbocycles. The second-order valence-corrected chi connectivity index (χ2v) is 6.23. The van der Waals surface area contributed by atoms with E-state index in [2.05, 4.69) is 86.3 Å². The molecule has 0 saturated heterocycles.